The Labute approximate surface area is 166 Å². The van der Waals surface area contributed by atoms with Crippen molar-refractivity contribution in [1.29, 1.82) is 0 Å². The zero-order chi connectivity index (χ0) is 13.9. The van der Waals surface area contributed by atoms with Gasteiger partial charge in [0, 0.05) is 29.0 Å². The van der Waals surface area contributed by atoms with Crippen LogP contribution in [0.5, 0.6) is 0 Å². The molecule has 0 unspecified atom stereocenters. The number of benzene rings is 1. The van der Waals surface area contributed by atoms with Crippen molar-refractivity contribution >= 4 is 10.9 Å². The van der Waals surface area contributed by atoms with Crippen molar-refractivity contribution < 1.29 is 51.4 Å². The van der Waals surface area contributed by atoms with E-state index in [9.17, 15) is 0 Å². The van der Waals surface area contributed by atoms with Gasteiger partial charge in [-0.25, -0.2) is 0 Å². The van der Waals surface area contributed by atoms with Crippen LogP contribution in [0.2, 0.25) is 0 Å². The molecule has 5 nitrogen and oxygen atoms in total. The second-order valence-electron chi connectivity index (χ2n) is 5.08. The molecule has 0 aliphatic heterocycles. The third-order valence-electron chi connectivity index (χ3n) is 3.72. The van der Waals surface area contributed by atoms with Crippen LogP contribution in [0.25, 0.3) is 10.9 Å². The summed E-state index contributed by atoms with van der Waals surface area (Å²) in [6.45, 7) is 5.32. The Balaban J connectivity index is 0.00000161. The summed E-state index contributed by atoms with van der Waals surface area (Å²) >= 11 is 0. The number of fused-ring (bicyclic) bond motifs is 1. The number of hydrogen-bond donors (Lipinski definition) is 0. The van der Waals surface area contributed by atoms with Gasteiger partial charge in [0.25, 0.3) is 0 Å². The Morgan fingerprint density at radius 2 is 2.10 bits per heavy atom. The number of rotatable bonds is 5. The molecule has 0 atom stereocenters. The third kappa shape index (κ3) is 3.81. The maximum absolute atomic E-state index is 3.86. The smallest absolute Gasteiger partial charge is 0.345 e. The molecule has 0 fully saturated rings. The molecular formula is C15H18KN5. The van der Waals surface area contributed by atoms with E-state index in [1.165, 1.54) is 22.2 Å². The van der Waals surface area contributed by atoms with Gasteiger partial charge in [-0.3, -0.25) is 10.3 Å². The third-order valence-corrected chi connectivity index (χ3v) is 3.72. The van der Waals surface area contributed by atoms with Gasteiger partial charge in [0.1, 0.15) is 0 Å². The molecule has 0 N–H and O–H groups in total. The quantitative estimate of drug-likeness (QED) is 0.585. The molecule has 104 valence electrons. The van der Waals surface area contributed by atoms with E-state index in [-0.39, 0.29) is 51.4 Å². The number of tetrazole rings is 1. The van der Waals surface area contributed by atoms with Crippen LogP contribution in [-0.2, 0) is 19.4 Å². The van der Waals surface area contributed by atoms with Gasteiger partial charge in [-0.15, -0.1) is 0 Å². The summed E-state index contributed by atoms with van der Waals surface area (Å²) in [5.74, 6) is 0.729. The molecular weight excluding hydrogens is 289 g/mol. The van der Waals surface area contributed by atoms with E-state index >= 15 is 0 Å². The average molecular weight is 307 g/mol. The minimum absolute atomic E-state index is 0. The number of nitrogens with zero attached hydrogens (tertiary/aromatic N) is 5. The van der Waals surface area contributed by atoms with Crippen molar-refractivity contribution in [2.45, 2.75) is 39.7 Å². The van der Waals surface area contributed by atoms with Crippen LogP contribution in [-0.4, -0.2) is 20.1 Å². The SMILES string of the molecule is CCc1ccc2c(c1)cc(C)n2CCCc1nnn[n-]1.[K+]. The molecule has 2 aromatic heterocycles. The van der Waals surface area contributed by atoms with Gasteiger partial charge in [0.2, 0.25) is 0 Å². The first kappa shape index (κ1) is 16.8. The standard InChI is InChI=1S/C15H18N5.K/c1-3-12-6-7-14-13(10-12)9-11(2)20(14)8-4-5-15-16-18-19-17-15;/h6-7,9-10H,3-5,8H2,1-2H3;/q-1;+1. The van der Waals surface area contributed by atoms with Crippen LogP contribution in [0.15, 0.2) is 24.3 Å². The maximum Gasteiger partial charge on any atom is 1.00 e. The molecule has 0 radical (unpaired) electrons. The van der Waals surface area contributed by atoms with Crippen LogP contribution < -0.4 is 56.5 Å². The van der Waals surface area contributed by atoms with E-state index in [1.807, 2.05) is 0 Å². The van der Waals surface area contributed by atoms with Crippen molar-refractivity contribution in [1.82, 2.24) is 25.2 Å². The molecule has 0 saturated heterocycles. The van der Waals surface area contributed by atoms with Crippen molar-refractivity contribution in [2.24, 2.45) is 0 Å². The summed E-state index contributed by atoms with van der Waals surface area (Å²) in [6.07, 6.45) is 2.89. The van der Waals surface area contributed by atoms with Gasteiger partial charge >= 0.3 is 51.4 Å². The zero-order valence-corrected chi connectivity index (χ0v) is 16.0. The Morgan fingerprint density at radius 3 is 2.81 bits per heavy atom. The van der Waals surface area contributed by atoms with Gasteiger partial charge in [-0.05, 0) is 49.9 Å². The molecule has 6 heteroatoms. The van der Waals surface area contributed by atoms with E-state index in [1.54, 1.807) is 0 Å². The van der Waals surface area contributed by atoms with Gasteiger partial charge in [-0.1, -0.05) is 13.0 Å². The molecule has 0 aliphatic rings. The van der Waals surface area contributed by atoms with Crippen molar-refractivity contribution in [2.75, 3.05) is 0 Å². The summed E-state index contributed by atoms with van der Waals surface area (Å²) in [5, 5.41) is 16.1. The van der Waals surface area contributed by atoms with Gasteiger partial charge in [0.15, 0.2) is 0 Å². The second kappa shape index (κ2) is 7.65. The first-order chi connectivity index (χ1) is 9.78. The van der Waals surface area contributed by atoms with Gasteiger partial charge in [0.05, 0.1) is 0 Å². The second-order valence-corrected chi connectivity index (χ2v) is 5.08. The van der Waals surface area contributed by atoms with Gasteiger partial charge < -0.3 is 9.67 Å². The molecule has 0 amide bonds. The summed E-state index contributed by atoms with van der Waals surface area (Å²) in [4.78, 5) is 0. The Kier molecular flexibility index (Phi) is 6.13. The zero-order valence-electron chi connectivity index (χ0n) is 12.9. The molecule has 1 aromatic carbocycles. The van der Waals surface area contributed by atoms with E-state index in [4.69, 9.17) is 0 Å². The summed E-state index contributed by atoms with van der Waals surface area (Å²) in [5.41, 5.74) is 3.99. The molecule has 3 aromatic rings. The summed E-state index contributed by atoms with van der Waals surface area (Å²) in [6, 6.07) is 8.99. The first-order valence-corrected chi connectivity index (χ1v) is 7.04. The Hall–Kier alpha value is -0.534. The fraction of sp³-hybridized carbons (Fsp3) is 0.400. The molecule has 0 aliphatic carbocycles. The summed E-state index contributed by atoms with van der Waals surface area (Å²) < 4.78 is 2.36. The predicted molar refractivity (Wildman–Crippen MR) is 77.5 cm³/mol. The monoisotopic (exact) mass is 307 g/mol. The van der Waals surface area contributed by atoms with Crippen molar-refractivity contribution in [3.05, 3.63) is 41.3 Å². The minimum Gasteiger partial charge on any atom is -0.345 e. The van der Waals surface area contributed by atoms with Crippen LogP contribution in [0.3, 0.4) is 0 Å². The van der Waals surface area contributed by atoms with E-state index < -0.39 is 0 Å². The maximum atomic E-state index is 3.86. The average Bonchev–Trinajstić information content (AvgIpc) is 3.06. The van der Waals surface area contributed by atoms with Crippen LogP contribution >= 0.6 is 0 Å². The molecule has 21 heavy (non-hydrogen) atoms. The van der Waals surface area contributed by atoms with E-state index in [0.717, 1.165) is 31.6 Å². The predicted octanol–water partition coefficient (Wildman–Crippen LogP) is -0.709. The number of hydrogen-bond acceptors (Lipinski definition) is 3. The Bertz CT molecular complexity index is 702. The molecule has 2 heterocycles. The van der Waals surface area contributed by atoms with Crippen molar-refractivity contribution in [3.8, 4) is 0 Å². The molecule has 0 bridgehead atoms. The van der Waals surface area contributed by atoms with Crippen molar-refractivity contribution in [3.63, 3.8) is 0 Å². The number of aryl methyl sites for hydroxylation is 4. The molecule has 0 saturated carbocycles. The first-order valence-electron chi connectivity index (χ1n) is 7.04. The van der Waals surface area contributed by atoms with E-state index in [0.29, 0.717) is 0 Å². The fourth-order valence-corrected chi connectivity index (χ4v) is 2.63. The fourth-order valence-electron chi connectivity index (χ4n) is 2.63. The Morgan fingerprint density at radius 1 is 1.24 bits per heavy atom. The summed E-state index contributed by atoms with van der Waals surface area (Å²) in [7, 11) is 0. The van der Waals surface area contributed by atoms with Gasteiger partial charge in [-0.2, -0.15) is 5.21 Å². The number of aromatic nitrogens is 5. The normalized spacial score (nSPS) is 10.8. The van der Waals surface area contributed by atoms with Crippen LogP contribution in [0.1, 0.15) is 30.4 Å². The molecule has 0 spiro atoms. The molecule has 3 rings (SSSR count). The minimum atomic E-state index is 0. The van der Waals surface area contributed by atoms with E-state index in [2.05, 4.69) is 63.3 Å². The van der Waals surface area contributed by atoms with Crippen LogP contribution in [0, 0.1) is 6.92 Å². The topological polar surface area (TPSA) is 57.7 Å². The van der Waals surface area contributed by atoms with Crippen LogP contribution in [0.4, 0.5) is 0 Å². The largest absolute Gasteiger partial charge is 1.00 e.